The molecule has 3 rings (SSSR count). The molecule has 2 aromatic carbocycles. The first-order valence-electron chi connectivity index (χ1n) is 7.72. The second kappa shape index (κ2) is 7.29. The van der Waals surface area contributed by atoms with Crippen LogP contribution in [0.1, 0.15) is 16.1 Å². The van der Waals surface area contributed by atoms with Gasteiger partial charge in [-0.15, -0.1) is 11.3 Å². The van der Waals surface area contributed by atoms with E-state index in [1.54, 1.807) is 18.3 Å². The SMILES string of the molecule is Cc1cc(C)cc(NC=C(C#N)c2nc(-c3ccc(F)cc3)cs2)c1. The van der Waals surface area contributed by atoms with Gasteiger partial charge in [-0.1, -0.05) is 6.07 Å². The quantitative estimate of drug-likeness (QED) is 0.629. The number of halogens is 1. The average Bonchev–Trinajstić information content (AvgIpc) is 3.05. The third-order valence-corrected chi connectivity index (χ3v) is 4.48. The van der Waals surface area contributed by atoms with Crippen molar-refractivity contribution in [3.63, 3.8) is 0 Å². The van der Waals surface area contributed by atoms with Crippen molar-refractivity contribution in [3.05, 3.63) is 76.0 Å². The zero-order valence-electron chi connectivity index (χ0n) is 13.9. The highest BCUT2D eigenvalue weighted by atomic mass is 32.1. The number of anilines is 1. The summed E-state index contributed by atoms with van der Waals surface area (Å²) in [6, 6.07) is 14.5. The molecule has 1 heterocycles. The smallest absolute Gasteiger partial charge is 0.136 e. The first-order chi connectivity index (χ1) is 12.0. The number of hydrogen-bond acceptors (Lipinski definition) is 4. The third kappa shape index (κ3) is 4.11. The number of benzene rings is 2. The Morgan fingerprint density at radius 1 is 1.16 bits per heavy atom. The van der Waals surface area contributed by atoms with Gasteiger partial charge in [-0.3, -0.25) is 0 Å². The summed E-state index contributed by atoms with van der Waals surface area (Å²) < 4.78 is 13.0. The summed E-state index contributed by atoms with van der Waals surface area (Å²) >= 11 is 1.39. The number of rotatable bonds is 4. The highest BCUT2D eigenvalue weighted by molar-refractivity contribution is 7.11. The molecule has 0 radical (unpaired) electrons. The largest absolute Gasteiger partial charge is 0.360 e. The third-order valence-electron chi connectivity index (χ3n) is 3.60. The maximum atomic E-state index is 13.0. The van der Waals surface area contributed by atoms with Crippen LogP contribution >= 0.6 is 11.3 Å². The second-order valence-corrected chi connectivity index (χ2v) is 6.59. The van der Waals surface area contributed by atoms with E-state index in [9.17, 15) is 9.65 Å². The first kappa shape index (κ1) is 16.9. The summed E-state index contributed by atoms with van der Waals surface area (Å²) in [5, 5.41) is 15.1. The lowest BCUT2D eigenvalue weighted by Gasteiger charge is -2.05. The van der Waals surface area contributed by atoms with Gasteiger partial charge in [-0.2, -0.15) is 5.26 Å². The van der Waals surface area contributed by atoms with Crippen molar-refractivity contribution in [2.75, 3.05) is 5.32 Å². The summed E-state index contributed by atoms with van der Waals surface area (Å²) in [5.41, 5.74) is 5.25. The van der Waals surface area contributed by atoms with Crippen molar-refractivity contribution in [3.8, 4) is 17.3 Å². The van der Waals surface area contributed by atoms with Gasteiger partial charge in [0.1, 0.15) is 22.5 Å². The fraction of sp³-hybridized carbons (Fsp3) is 0.100. The molecule has 25 heavy (non-hydrogen) atoms. The number of thiazole rings is 1. The predicted octanol–water partition coefficient (Wildman–Crippen LogP) is 5.54. The van der Waals surface area contributed by atoms with E-state index in [1.165, 1.54) is 23.5 Å². The van der Waals surface area contributed by atoms with Crippen LogP contribution in [0.4, 0.5) is 10.1 Å². The normalized spacial score (nSPS) is 11.2. The zero-order valence-corrected chi connectivity index (χ0v) is 14.7. The fourth-order valence-corrected chi connectivity index (χ4v) is 3.30. The van der Waals surface area contributed by atoms with E-state index in [2.05, 4.69) is 22.4 Å². The van der Waals surface area contributed by atoms with Gasteiger partial charge in [-0.25, -0.2) is 9.37 Å². The molecule has 1 aromatic heterocycles. The van der Waals surface area contributed by atoms with Crippen molar-refractivity contribution < 1.29 is 4.39 Å². The van der Waals surface area contributed by atoms with E-state index in [0.717, 1.165) is 28.1 Å². The Kier molecular flexibility index (Phi) is 4.92. The Morgan fingerprint density at radius 3 is 2.48 bits per heavy atom. The molecule has 0 spiro atoms. The zero-order chi connectivity index (χ0) is 17.8. The summed E-state index contributed by atoms with van der Waals surface area (Å²) in [6.45, 7) is 4.06. The molecular formula is C20H16FN3S. The van der Waals surface area contributed by atoms with Crippen LogP contribution in [0.25, 0.3) is 16.8 Å². The topological polar surface area (TPSA) is 48.7 Å². The van der Waals surface area contributed by atoms with Gasteiger partial charge < -0.3 is 5.32 Å². The summed E-state index contributed by atoms with van der Waals surface area (Å²) in [4.78, 5) is 4.49. The van der Waals surface area contributed by atoms with Crippen LogP contribution < -0.4 is 5.32 Å². The molecule has 0 aliphatic rings. The lowest BCUT2D eigenvalue weighted by Crippen LogP contribution is -1.92. The average molecular weight is 349 g/mol. The van der Waals surface area contributed by atoms with Crippen molar-refractivity contribution in [1.29, 1.82) is 5.26 Å². The Bertz CT molecular complexity index is 945. The maximum absolute atomic E-state index is 13.0. The van der Waals surface area contributed by atoms with Gasteiger partial charge in [-0.05, 0) is 61.4 Å². The van der Waals surface area contributed by atoms with Gasteiger partial charge in [0.05, 0.1) is 5.69 Å². The molecule has 124 valence electrons. The predicted molar refractivity (Wildman–Crippen MR) is 101 cm³/mol. The Morgan fingerprint density at radius 2 is 1.84 bits per heavy atom. The van der Waals surface area contributed by atoms with E-state index >= 15 is 0 Å². The van der Waals surface area contributed by atoms with Gasteiger partial charge in [0.15, 0.2) is 0 Å². The van der Waals surface area contributed by atoms with Crippen molar-refractivity contribution >= 4 is 22.6 Å². The molecule has 3 aromatic rings. The van der Waals surface area contributed by atoms with Crippen LogP contribution in [0.5, 0.6) is 0 Å². The Labute approximate surface area is 150 Å². The summed E-state index contributed by atoms with van der Waals surface area (Å²) in [7, 11) is 0. The maximum Gasteiger partial charge on any atom is 0.136 e. The molecule has 0 unspecified atom stereocenters. The van der Waals surface area contributed by atoms with E-state index in [4.69, 9.17) is 0 Å². The molecule has 0 bridgehead atoms. The van der Waals surface area contributed by atoms with Crippen LogP contribution in [0, 0.1) is 31.0 Å². The number of hydrogen-bond donors (Lipinski definition) is 1. The summed E-state index contributed by atoms with van der Waals surface area (Å²) in [6.07, 6.45) is 1.67. The molecule has 1 N–H and O–H groups in total. The highest BCUT2D eigenvalue weighted by Gasteiger charge is 2.09. The fourth-order valence-electron chi connectivity index (χ4n) is 2.51. The minimum atomic E-state index is -0.283. The number of nitrogens with zero attached hydrogens (tertiary/aromatic N) is 2. The first-order valence-corrected chi connectivity index (χ1v) is 8.60. The second-order valence-electron chi connectivity index (χ2n) is 5.74. The number of allylic oxidation sites excluding steroid dienone is 1. The molecule has 0 aliphatic carbocycles. The molecule has 0 atom stereocenters. The molecule has 0 saturated heterocycles. The molecule has 5 heteroatoms. The number of aryl methyl sites for hydroxylation is 2. The van der Waals surface area contributed by atoms with Crippen LogP contribution in [-0.2, 0) is 0 Å². The van der Waals surface area contributed by atoms with Crippen LogP contribution in [-0.4, -0.2) is 4.98 Å². The molecule has 0 saturated carbocycles. The van der Waals surface area contributed by atoms with E-state index in [0.29, 0.717) is 10.6 Å². The lowest BCUT2D eigenvalue weighted by molar-refractivity contribution is 0.628. The van der Waals surface area contributed by atoms with E-state index in [-0.39, 0.29) is 5.82 Å². The Hall–Kier alpha value is -2.97. The molecule has 0 aliphatic heterocycles. The number of aromatic nitrogens is 1. The monoisotopic (exact) mass is 349 g/mol. The summed E-state index contributed by atoms with van der Waals surface area (Å²) in [5.74, 6) is -0.283. The molecule has 0 amide bonds. The lowest BCUT2D eigenvalue weighted by atomic mass is 10.1. The Balaban J connectivity index is 1.84. The van der Waals surface area contributed by atoms with E-state index in [1.807, 2.05) is 31.4 Å². The standard InChI is InChI=1S/C20H16FN3S/c1-13-7-14(2)9-18(8-13)23-11-16(10-22)20-24-19(12-25-20)15-3-5-17(21)6-4-15/h3-9,11-12,23H,1-2H3. The minimum absolute atomic E-state index is 0.283. The van der Waals surface area contributed by atoms with Crippen LogP contribution in [0.15, 0.2) is 54.0 Å². The van der Waals surface area contributed by atoms with Gasteiger partial charge in [0.2, 0.25) is 0 Å². The minimum Gasteiger partial charge on any atom is -0.360 e. The number of nitriles is 1. The van der Waals surface area contributed by atoms with Gasteiger partial charge in [0.25, 0.3) is 0 Å². The van der Waals surface area contributed by atoms with Crippen molar-refractivity contribution in [2.45, 2.75) is 13.8 Å². The van der Waals surface area contributed by atoms with E-state index < -0.39 is 0 Å². The van der Waals surface area contributed by atoms with Gasteiger partial charge >= 0.3 is 0 Å². The molecule has 3 nitrogen and oxygen atoms in total. The number of nitrogens with one attached hydrogen (secondary N) is 1. The van der Waals surface area contributed by atoms with Crippen LogP contribution in [0.2, 0.25) is 0 Å². The molecular weight excluding hydrogens is 333 g/mol. The van der Waals surface area contributed by atoms with Gasteiger partial charge in [0, 0.05) is 22.8 Å². The highest BCUT2D eigenvalue weighted by Crippen LogP contribution is 2.26. The van der Waals surface area contributed by atoms with Crippen LogP contribution in [0.3, 0.4) is 0 Å². The van der Waals surface area contributed by atoms with Crippen molar-refractivity contribution in [1.82, 2.24) is 4.98 Å². The van der Waals surface area contributed by atoms with Crippen molar-refractivity contribution in [2.24, 2.45) is 0 Å². The molecule has 0 fully saturated rings.